The zero-order chi connectivity index (χ0) is 10.6. The molecule has 0 saturated carbocycles. The van der Waals surface area contributed by atoms with Gasteiger partial charge in [-0.2, -0.15) is 5.10 Å². The van der Waals surface area contributed by atoms with Crippen LogP contribution in [-0.2, 0) is 6.54 Å². The molecule has 1 rings (SSSR count). The number of aromatic nitrogens is 2. The van der Waals surface area contributed by atoms with Crippen LogP contribution >= 0.6 is 15.9 Å². The molecule has 0 bridgehead atoms. The van der Waals surface area contributed by atoms with Gasteiger partial charge in [0, 0.05) is 6.54 Å². The van der Waals surface area contributed by atoms with Crippen LogP contribution in [0.4, 0.5) is 5.69 Å². The van der Waals surface area contributed by atoms with E-state index >= 15 is 0 Å². The summed E-state index contributed by atoms with van der Waals surface area (Å²) in [6.07, 6.45) is 6.66. The molecule has 0 aliphatic heterocycles. The molecule has 0 aliphatic rings. The first-order chi connectivity index (χ1) is 6.70. The normalized spacial score (nSPS) is 9.50. The number of nitrogens with one attached hydrogen (secondary N) is 1. The van der Waals surface area contributed by atoms with E-state index in [0.29, 0.717) is 23.2 Å². The first kappa shape index (κ1) is 10.8. The smallest absolute Gasteiger partial charge is 0.283 e. The van der Waals surface area contributed by atoms with Gasteiger partial charge in [0.25, 0.3) is 5.56 Å². The number of halogens is 1. The number of rotatable bonds is 3. The summed E-state index contributed by atoms with van der Waals surface area (Å²) in [5.41, 5.74) is 0.465. The molecule has 14 heavy (non-hydrogen) atoms. The number of aryl methyl sites for hydroxylation is 1. The number of hydrogen-bond acceptors (Lipinski definition) is 3. The summed E-state index contributed by atoms with van der Waals surface area (Å²) < 4.78 is 1.83. The number of terminal acetylenes is 1. The van der Waals surface area contributed by atoms with Gasteiger partial charge in [0.05, 0.1) is 18.4 Å². The lowest BCUT2D eigenvalue weighted by atomic mass is 10.4. The molecule has 0 atom stereocenters. The zero-order valence-corrected chi connectivity index (χ0v) is 9.34. The molecule has 0 amide bonds. The lowest BCUT2D eigenvalue weighted by Crippen LogP contribution is -2.23. The van der Waals surface area contributed by atoms with Gasteiger partial charge in [0.1, 0.15) is 4.47 Å². The van der Waals surface area contributed by atoms with Gasteiger partial charge in [0.15, 0.2) is 0 Å². The van der Waals surface area contributed by atoms with Crippen molar-refractivity contribution in [3.63, 3.8) is 0 Å². The van der Waals surface area contributed by atoms with Crippen molar-refractivity contribution >= 4 is 21.6 Å². The fourth-order valence-electron chi connectivity index (χ4n) is 0.960. The summed E-state index contributed by atoms with van der Waals surface area (Å²) >= 11 is 3.20. The van der Waals surface area contributed by atoms with Gasteiger partial charge in [-0.3, -0.25) is 4.79 Å². The molecule has 1 N–H and O–H groups in total. The molecule has 0 unspecified atom stereocenters. The van der Waals surface area contributed by atoms with Crippen molar-refractivity contribution in [3.8, 4) is 12.3 Å². The Labute approximate surface area is 90.5 Å². The maximum Gasteiger partial charge on any atom is 0.283 e. The Hall–Kier alpha value is -1.28. The van der Waals surface area contributed by atoms with Gasteiger partial charge in [-0.1, -0.05) is 5.92 Å². The standard InChI is InChI=1S/C9H10BrN3O/c1-3-5-11-7-6-12-13(4-2)9(14)8(7)10/h1,6,11H,4-5H2,2H3. The number of hydrogen-bond donors (Lipinski definition) is 1. The molecule has 74 valence electrons. The first-order valence-electron chi connectivity index (χ1n) is 4.13. The highest BCUT2D eigenvalue weighted by Crippen LogP contribution is 2.15. The summed E-state index contributed by atoms with van der Waals surface area (Å²) in [5.74, 6) is 2.42. The van der Waals surface area contributed by atoms with Gasteiger partial charge in [0.2, 0.25) is 0 Å². The Morgan fingerprint density at radius 1 is 1.79 bits per heavy atom. The van der Waals surface area contributed by atoms with Crippen LogP contribution in [0.25, 0.3) is 0 Å². The number of anilines is 1. The molecule has 0 spiro atoms. The highest BCUT2D eigenvalue weighted by Gasteiger charge is 2.06. The lowest BCUT2D eigenvalue weighted by Gasteiger charge is -2.06. The van der Waals surface area contributed by atoms with E-state index in [0.717, 1.165) is 0 Å². The third-order valence-electron chi connectivity index (χ3n) is 1.67. The summed E-state index contributed by atoms with van der Waals surface area (Å²) in [5, 5.41) is 6.85. The Morgan fingerprint density at radius 3 is 3.07 bits per heavy atom. The van der Waals surface area contributed by atoms with Crippen LogP contribution in [0.5, 0.6) is 0 Å². The highest BCUT2D eigenvalue weighted by molar-refractivity contribution is 9.10. The SMILES string of the molecule is C#CCNc1cnn(CC)c(=O)c1Br. The predicted octanol–water partition coefficient (Wildman–Crippen LogP) is 1.07. The Balaban J connectivity index is 3.06. The van der Waals surface area contributed by atoms with E-state index in [1.54, 1.807) is 6.20 Å². The fourth-order valence-corrected chi connectivity index (χ4v) is 1.41. The monoisotopic (exact) mass is 255 g/mol. The average molecular weight is 256 g/mol. The van der Waals surface area contributed by atoms with Crippen LogP contribution in [0.3, 0.4) is 0 Å². The van der Waals surface area contributed by atoms with Crippen molar-refractivity contribution in [3.05, 3.63) is 21.0 Å². The van der Waals surface area contributed by atoms with Crippen LogP contribution in [0.1, 0.15) is 6.92 Å². The molecular formula is C9H10BrN3O. The van der Waals surface area contributed by atoms with Crippen molar-refractivity contribution in [1.29, 1.82) is 0 Å². The minimum atomic E-state index is -0.158. The van der Waals surface area contributed by atoms with E-state index in [9.17, 15) is 4.79 Å². The topological polar surface area (TPSA) is 46.9 Å². The van der Waals surface area contributed by atoms with Crippen LogP contribution in [0.15, 0.2) is 15.5 Å². The van der Waals surface area contributed by atoms with Gasteiger partial charge in [-0.25, -0.2) is 4.68 Å². The molecular weight excluding hydrogens is 246 g/mol. The largest absolute Gasteiger partial charge is 0.372 e. The van der Waals surface area contributed by atoms with Crippen molar-refractivity contribution in [2.45, 2.75) is 13.5 Å². The third-order valence-corrected chi connectivity index (χ3v) is 2.43. The lowest BCUT2D eigenvalue weighted by molar-refractivity contribution is 0.613. The molecule has 0 radical (unpaired) electrons. The summed E-state index contributed by atoms with van der Waals surface area (Å²) in [6.45, 7) is 2.78. The van der Waals surface area contributed by atoms with Crippen molar-refractivity contribution in [1.82, 2.24) is 9.78 Å². The molecule has 1 aromatic heterocycles. The van der Waals surface area contributed by atoms with Crippen LogP contribution in [0, 0.1) is 12.3 Å². The quantitative estimate of drug-likeness (QED) is 0.823. The Bertz CT molecular complexity index is 419. The molecule has 0 saturated heterocycles. The van der Waals surface area contributed by atoms with E-state index in [1.165, 1.54) is 4.68 Å². The van der Waals surface area contributed by atoms with Gasteiger partial charge >= 0.3 is 0 Å². The molecule has 0 aromatic carbocycles. The maximum absolute atomic E-state index is 11.5. The van der Waals surface area contributed by atoms with Crippen molar-refractivity contribution in [2.75, 3.05) is 11.9 Å². The van der Waals surface area contributed by atoms with Crippen LogP contribution < -0.4 is 10.9 Å². The molecule has 1 aromatic rings. The molecule has 4 nitrogen and oxygen atoms in total. The van der Waals surface area contributed by atoms with Gasteiger partial charge in [-0.05, 0) is 22.9 Å². The van der Waals surface area contributed by atoms with E-state index in [2.05, 4.69) is 32.3 Å². The maximum atomic E-state index is 11.5. The summed E-state index contributed by atoms with van der Waals surface area (Å²) in [4.78, 5) is 11.5. The predicted molar refractivity (Wildman–Crippen MR) is 59.2 cm³/mol. The zero-order valence-electron chi connectivity index (χ0n) is 7.75. The highest BCUT2D eigenvalue weighted by atomic mass is 79.9. The fraction of sp³-hybridized carbons (Fsp3) is 0.333. The third kappa shape index (κ3) is 2.15. The van der Waals surface area contributed by atoms with Gasteiger partial charge < -0.3 is 5.32 Å². The minimum absolute atomic E-state index is 0.158. The Morgan fingerprint density at radius 2 is 2.50 bits per heavy atom. The van der Waals surface area contributed by atoms with E-state index < -0.39 is 0 Å². The van der Waals surface area contributed by atoms with Crippen LogP contribution in [0.2, 0.25) is 0 Å². The van der Waals surface area contributed by atoms with Crippen molar-refractivity contribution < 1.29 is 0 Å². The second-order valence-corrected chi connectivity index (χ2v) is 3.34. The second-order valence-electron chi connectivity index (χ2n) is 2.55. The van der Waals surface area contributed by atoms with Gasteiger partial charge in [-0.15, -0.1) is 6.42 Å². The molecule has 0 fully saturated rings. The van der Waals surface area contributed by atoms with E-state index in [1.807, 2.05) is 6.92 Å². The van der Waals surface area contributed by atoms with E-state index in [-0.39, 0.29) is 5.56 Å². The number of nitrogens with zero attached hydrogens (tertiary/aromatic N) is 2. The molecule has 0 aliphatic carbocycles. The Kier molecular flexibility index (Phi) is 3.72. The summed E-state index contributed by atoms with van der Waals surface area (Å²) in [7, 11) is 0. The molecule has 5 heteroatoms. The van der Waals surface area contributed by atoms with Crippen molar-refractivity contribution in [2.24, 2.45) is 0 Å². The molecule has 1 heterocycles. The first-order valence-corrected chi connectivity index (χ1v) is 4.93. The average Bonchev–Trinajstić information content (AvgIpc) is 2.20. The van der Waals surface area contributed by atoms with E-state index in [4.69, 9.17) is 6.42 Å². The minimum Gasteiger partial charge on any atom is -0.372 e. The second kappa shape index (κ2) is 4.82. The van der Waals surface area contributed by atoms with Crippen LogP contribution in [-0.4, -0.2) is 16.3 Å². The summed E-state index contributed by atoms with van der Waals surface area (Å²) in [6, 6.07) is 0.